The topological polar surface area (TPSA) is 92.8 Å². The summed E-state index contributed by atoms with van der Waals surface area (Å²) in [4.78, 5) is 11.6. The number of anilines is 1. The van der Waals surface area contributed by atoms with Crippen molar-refractivity contribution in [2.75, 3.05) is 40.0 Å². The summed E-state index contributed by atoms with van der Waals surface area (Å²) in [7, 11) is 6.06. The second kappa shape index (κ2) is 10.8. The van der Waals surface area contributed by atoms with Crippen molar-refractivity contribution in [2.45, 2.75) is 0 Å². The van der Waals surface area contributed by atoms with Gasteiger partial charge in [0.1, 0.15) is 30.2 Å². The van der Waals surface area contributed by atoms with E-state index < -0.39 is 5.97 Å². The second-order valence-corrected chi connectivity index (χ2v) is 6.26. The van der Waals surface area contributed by atoms with Gasteiger partial charge in [0.2, 0.25) is 0 Å². The van der Waals surface area contributed by atoms with Crippen LogP contribution in [0.3, 0.4) is 0 Å². The number of phenols is 2. The number of quaternary nitrogens is 1. The van der Waals surface area contributed by atoms with Gasteiger partial charge in [-0.05, 0) is 36.4 Å². The molecule has 0 unspecified atom stereocenters. The lowest BCUT2D eigenvalue weighted by atomic mass is 10.2. The van der Waals surface area contributed by atoms with E-state index in [1.165, 1.54) is 6.07 Å². The zero-order valence-corrected chi connectivity index (χ0v) is 14.3. The third-order valence-electron chi connectivity index (χ3n) is 3.01. The molecule has 0 heterocycles. The maximum atomic E-state index is 11.6. The number of carbonyl (C=O) groups excluding carboxylic acids is 1. The predicted molar refractivity (Wildman–Crippen MR) is 102 cm³/mol. The molecule has 6 nitrogen and oxygen atoms in total. The summed E-state index contributed by atoms with van der Waals surface area (Å²) in [5.41, 5.74) is 6.20. The maximum Gasteiger partial charge on any atom is 0.342 e. The van der Waals surface area contributed by atoms with Crippen molar-refractivity contribution in [3.63, 3.8) is 0 Å². The van der Waals surface area contributed by atoms with Gasteiger partial charge < -0.3 is 25.2 Å². The molecule has 2 aromatic carbocycles. The fourth-order valence-corrected chi connectivity index (χ4v) is 1.61. The number of nitrogen functional groups attached to an aromatic ring is 1. The molecule has 25 heavy (non-hydrogen) atoms. The highest BCUT2D eigenvalue weighted by Crippen LogP contribution is 2.16. The van der Waals surface area contributed by atoms with Gasteiger partial charge in [0, 0.05) is 5.69 Å². The van der Waals surface area contributed by atoms with Gasteiger partial charge in [0.25, 0.3) is 0 Å². The van der Waals surface area contributed by atoms with Gasteiger partial charge in [0.15, 0.2) is 0 Å². The number of nitrogens with two attached hydrogens (primary N) is 1. The Morgan fingerprint density at radius 3 is 2.08 bits per heavy atom. The quantitative estimate of drug-likeness (QED) is 0.252. The van der Waals surface area contributed by atoms with Crippen LogP contribution < -0.4 is 5.73 Å². The van der Waals surface area contributed by atoms with Crippen LogP contribution in [0, 0.1) is 0 Å². The molecular formula is C18H27MgN2O4+. The average molecular weight is 360 g/mol. The summed E-state index contributed by atoms with van der Waals surface area (Å²) in [6.45, 7) is 1.08. The molecule has 0 aliphatic heterocycles. The Morgan fingerprint density at radius 1 is 1.04 bits per heavy atom. The molecule has 0 aliphatic carbocycles. The molecule has 134 valence electrons. The SMILES string of the molecule is C[N+](C)(C)CCOC(=O)c1ccccc1O.Nc1ccc(O)cc1.[MgH2]. The molecule has 0 amide bonds. The van der Waals surface area contributed by atoms with E-state index in [1.54, 1.807) is 42.5 Å². The second-order valence-electron chi connectivity index (χ2n) is 6.26. The summed E-state index contributed by atoms with van der Waals surface area (Å²) in [5, 5.41) is 18.1. The number of carbonyl (C=O) groups is 1. The number of esters is 1. The first-order valence-corrected chi connectivity index (χ1v) is 7.49. The molecule has 0 saturated heterocycles. The molecule has 2 rings (SSSR count). The van der Waals surface area contributed by atoms with Crippen molar-refractivity contribution in [3.05, 3.63) is 54.1 Å². The van der Waals surface area contributed by atoms with E-state index in [0.717, 1.165) is 11.0 Å². The zero-order valence-electron chi connectivity index (χ0n) is 14.3. The van der Waals surface area contributed by atoms with Crippen LogP contribution in [0.2, 0.25) is 0 Å². The predicted octanol–water partition coefficient (Wildman–Crippen LogP) is 1.31. The van der Waals surface area contributed by atoms with Crippen molar-refractivity contribution in [1.29, 1.82) is 0 Å². The average Bonchev–Trinajstić information content (AvgIpc) is 2.50. The Hall–Kier alpha value is -1.96. The van der Waals surface area contributed by atoms with Crippen molar-refractivity contribution < 1.29 is 24.2 Å². The van der Waals surface area contributed by atoms with Gasteiger partial charge in [-0.25, -0.2) is 4.79 Å². The minimum atomic E-state index is -0.480. The lowest BCUT2D eigenvalue weighted by molar-refractivity contribution is -0.870. The maximum absolute atomic E-state index is 11.6. The Labute approximate surface area is 164 Å². The number of aromatic hydroxyl groups is 2. The van der Waals surface area contributed by atoms with Crippen LogP contribution in [-0.4, -0.2) is 78.0 Å². The number of para-hydroxylation sites is 1. The van der Waals surface area contributed by atoms with Crippen molar-refractivity contribution >= 4 is 34.7 Å². The molecule has 0 aliphatic rings. The molecule has 0 fully saturated rings. The molecule has 7 heteroatoms. The van der Waals surface area contributed by atoms with Gasteiger partial charge in [-0.15, -0.1) is 0 Å². The molecule has 0 aromatic heterocycles. The first kappa shape index (κ1) is 23.0. The Kier molecular flexibility index (Phi) is 9.96. The van der Waals surface area contributed by atoms with E-state index in [4.69, 9.17) is 15.6 Å². The highest BCUT2D eigenvalue weighted by Gasteiger charge is 2.13. The van der Waals surface area contributed by atoms with Crippen molar-refractivity contribution in [3.8, 4) is 11.5 Å². The fraction of sp³-hybridized carbons (Fsp3) is 0.278. The molecular weight excluding hydrogens is 333 g/mol. The summed E-state index contributed by atoms with van der Waals surface area (Å²) in [6, 6.07) is 12.8. The third-order valence-corrected chi connectivity index (χ3v) is 3.01. The van der Waals surface area contributed by atoms with Gasteiger partial charge in [-0.2, -0.15) is 0 Å². The van der Waals surface area contributed by atoms with Gasteiger partial charge in [0.05, 0.1) is 21.1 Å². The van der Waals surface area contributed by atoms with Crippen LogP contribution >= 0.6 is 0 Å². The molecule has 0 bridgehead atoms. The molecule has 0 atom stereocenters. The van der Waals surface area contributed by atoms with E-state index in [2.05, 4.69) is 0 Å². The van der Waals surface area contributed by atoms with Crippen molar-refractivity contribution in [2.24, 2.45) is 0 Å². The van der Waals surface area contributed by atoms with Crippen molar-refractivity contribution in [1.82, 2.24) is 0 Å². The fourth-order valence-electron chi connectivity index (χ4n) is 1.61. The lowest BCUT2D eigenvalue weighted by Gasteiger charge is -2.23. The Balaban J connectivity index is 0.000000540. The molecule has 0 saturated carbocycles. The largest absolute Gasteiger partial charge is 0.508 e. The van der Waals surface area contributed by atoms with Gasteiger partial charge in [-0.1, -0.05) is 12.1 Å². The minimum absolute atomic E-state index is 0. The number of likely N-dealkylation sites (N-methyl/N-ethyl adjacent to an activating group) is 1. The number of nitrogens with zero attached hydrogens (tertiary/aromatic N) is 1. The standard InChI is InChI=1S/C12H17NO3.C6H7NO.Mg.2H/c1-13(2,3)8-9-16-12(15)10-6-4-5-7-11(10)14;7-5-1-3-6(8)4-2-5;;;/h4-7H,8-9H2,1-3H3;1-4,8H,7H2;;;/p+1. The van der Waals surface area contributed by atoms with Crippen LogP contribution in [0.1, 0.15) is 10.4 Å². The van der Waals surface area contributed by atoms with Crippen LogP contribution in [0.15, 0.2) is 48.5 Å². The smallest absolute Gasteiger partial charge is 0.342 e. The van der Waals surface area contributed by atoms with E-state index in [-0.39, 0.29) is 40.1 Å². The van der Waals surface area contributed by atoms with E-state index in [1.807, 2.05) is 21.1 Å². The lowest BCUT2D eigenvalue weighted by Crippen LogP contribution is -2.38. The first-order chi connectivity index (χ1) is 11.2. The number of benzene rings is 2. The molecule has 2 aromatic rings. The van der Waals surface area contributed by atoms with Crippen LogP contribution in [0.25, 0.3) is 0 Å². The van der Waals surface area contributed by atoms with Crippen LogP contribution in [-0.2, 0) is 4.74 Å². The molecule has 0 radical (unpaired) electrons. The van der Waals surface area contributed by atoms with E-state index in [0.29, 0.717) is 12.3 Å². The summed E-state index contributed by atoms with van der Waals surface area (Å²) < 4.78 is 5.80. The summed E-state index contributed by atoms with van der Waals surface area (Å²) in [5.74, 6) is -0.275. The zero-order chi connectivity index (χ0) is 18.2. The summed E-state index contributed by atoms with van der Waals surface area (Å²) >= 11 is 0. The monoisotopic (exact) mass is 359 g/mol. The van der Waals surface area contributed by atoms with Crippen LogP contribution in [0.5, 0.6) is 11.5 Å². The normalized spacial score (nSPS) is 10.0. The highest BCUT2D eigenvalue weighted by molar-refractivity contribution is 5.92. The first-order valence-electron chi connectivity index (χ1n) is 7.49. The number of hydrogen-bond donors (Lipinski definition) is 3. The van der Waals surface area contributed by atoms with Gasteiger partial charge in [-0.3, -0.25) is 0 Å². The number of ether oxygens (including phenoxy) is 1. The molecule has 4 N–H and O–H groups in total. The minimum Gasteiger partial charge on any atom is -0.508 e. The number of phenolic OH excluding ortho intramolecular Hbond substituents is 2. The van der Waals surface area contributed by atoms with E-state index >= 15 is 0 Å². The van der Waals surface area contributed by atoms with Gasteiger partial charge >= 0.3 is 29.0 Å². The summed E-state index contributed by atoms with van der Waals surface area (Å²) in [6.07, 6.45) is 0. The molecule has 0 spiro atoms. The number of rotatable bonds is 4. The van der Waals surface area contributed by atoms with Crippen LogP contribution in [0.4, 0.5) is 5.69 Å². The third kappa shape index (κ3) is 9.81. The Morgan fingerprint density at radius 2 is 1.60 bits per heavy atom. The number of hydrogen-bond acceptors (Lipinski definition) is 5. The highest BCUT2D eigenvalue weighted by atomic mass is 24.3. The Bertz CT molecular complexity index is 634. The van der Waals surface area contributed by atoms with E-state index in [9.17, 15) is 9.90 Å².